The van der Waals surface area contributed by atoms with Gasteiger partial charge in [-0.3, -0.25) is 4.90 Å². The summed E-state index contributed by atoms with van der Waals surface area (Å²) in [6.07, 6.45) is 1.56. The van der Waals surface area contributed by atoms with Crippen molar-refractivity contribution in [2.45, 2.75) is 0 Å². The summed E-state index contributed by atoms with van der Waals surface area (Å²) >= 11 is 0. The number of aromatic nitrogens is 2. The molecule has 34 heavy (non-hydrogen) atoms. The summed E-state index contributed by atoms with van der Waals surface area (Å²) in [5.74, 6) is 2.86. The van der Waals surface area contributed by atoms with Crippen LogP contribution in [-0.4, -0.2) is 73.5 Å². The van der Waals surface area contributed by atoms with Crippen molar-refractivity contribution in [3.8, 4) is 33.9 Å². The van der Waals surface area contributed by atoms with Crippen LogP contribution in [0.2, 0.25) is 0 Å². The Morgan fingerprint density at radius 3 is 2.38 bits per heavy atom. The number of anilines is 1. The van der Waals surface area contributed by atoms with Gasteiger partial charge in [-0.05, 0) is 23.8 Å². The van der Waals surface area contributed by atoms with Crippen molar-refractivity contribution in [2.24, 2.45) is 0 Å². The van der Waals surface area contributed by atoms with E-state index < -0.39 is 0 Å². The number of benzene rings is 2. The van der Waals surface area contributed by atoms with Crippen LogP contribution in [0, 0.1) is 0 Å². The van der Waals surface area contributed by atoms with E-state index in [4.69, 9.17) is 18.9 Å². The molecule has 176 valence electrons. The highest BCUT2D eigenvalue weighted by atomic mass is 16.5. The summed E-state index contributed by atoms with van der Waals surface area (Å²) in [6.45, 7) is 4.23. The fourth-order valence-corrected chi connectivity index (χ4v) is 4.54. The van der Waals surface area contributed by atoms with Crippen LogP contribution in [0.4, 0.5) is 5.82 Å². The van der Waals surface area contributed by atoms with E-state index in [2.05, 4.69) is 26.9 Å². The minimum Gasteiger partial charge on any atom is -0.493 e. The Balaban J connectivity index is 1.67. The molecule has 8 nitrogen and oxygen atoms in total. The molecular formula is C26H28N4O4. The van der Waals surface area contributed by atoms with E-state index in [9.17, 15) is 5.11 Å². The van der Waals surface area contributed by atoms with Gasteiger partial charge in [0.1, 0.15) is 17.9 Å². The van der Waals surface area contributed by atoms with Gasteiger partial charge in [0.2, 0.25) is 5.71 Å². The molecule has 0 spiro atoms. The SMILES string of the molecule is COc1ccc(-c2oc3ncnc(N4CCN(CCO)CC4)c3c2-c2ccccc2)cc1OC. The van der Waals surface area contributed by atoms with Crippen LogP contribution in [0.1, 0.15) is 0 Å². The first kappa shape index (κ1) is 22.2. The van der Waals surface area contributed by atoms with Crippen LogP contribution in [0.5, 0.6) is 11.5 Å². The smallest absolute Gasteiger partial charge is 0.232 e. The second-order valence-corrected chi connectivity index (χ2v) is 8.17. The average Bonchev–Trinajstić information content (AvgIpc) is 3.29. The number of ether oxygens (including phenoxy) is 2. The zero-order chi connectivity index (χ0) is 23.5. The van der Waals surface area contributed by atoms with Crippen LogP contribution in [0.25, 0.3) is 33.6 Å². The molecule has 4 aromatic rings. The van der Waals surface area contributed by atoms with E-state index in [0.717, 1.165) is 54.1 Å². The molecule has 1 fully saturated rings. The van der Waals surface area contributed by atoms with E-state index >= 15 is 0 Å². The van der Waals surface area contributed by atoms with Crippen molar-refractivity contribution >= 4 is 16.9 Å². The van der Waals surface area contributed by atoms with Crippen molar-refractivity contribution in [1.29, 1.82) is 0 Å². The highest BCUT2D eigenvalue weighted by Crippen LogP contribution is 2.45. The molecule has 5 rings (SSSR count). The van der Waals surface area contributed by atoms with Crippen molar-refractivity contribution in [2.75, 3.05) is 58.5 Å². The summed E-state index contributed by atoms with van der Waals surface area (Å²) < 4.78 is 17.3. The van der Waals surface area contributed by atoms with E-state index in [1.807, 2.05) is 36.4 Å². The maximum atomic E-state index is 9.28. The Morgan fingerprint density at radius 1 is 0.912 bits per heavy atom. The van der Waals surface area contributed by atoms with Gasteiger partial charge >= 0.3 is 0 Å². The average molecular weight is 461 g/mol. The van der Waals surface area contributed by atoms with Gasteiger partial charge in [-0.2, -0.15) is 0 Å². The Hall–Kier alpha value is -3.62. The first-order valence-electron chi connectivity index (χ1n) is 11.4. The van der Waals surface area contributed by atoms with Crippen molar-refractivity contribution in [3.63, 3.8) is 0 Å². The van der Waals surface area contributed by atoms with Gasteiger partial charge in [-0.1, -0.05) is 30.3 Å². The number of aliphatic hydroxyl groups excluding tert-OH is 1. The largest absolute Gasteiger partial charge is 0.493 e. The molecule has 0 aliphatic carbocycles. The Bertz CT molecular complexity index is 1270. The minimum absolute atomic E-state index is 0.173. The molecule has 8 heteroatoms. The summed E-state index contributed by atoms with van der Waals surface area (Å²) in [6, 6.07) is 15.9. The van der Waals surface area contributed by atoms with Crippen LogP contribution < -0.4 is 14.4 Å². The van der Waals surface area contributed by atoms with Crippen LogP contribution >= 0.6 is 0 Å². The molecule has 0 unspecified atom stereocenters. The second-order valence-electron chi connectivity index (χ2n) is 8.17. The zero-order valence-corrected chi connectivity index (χ0v) is 19.4. The molecule has 1 aliphatic rings. The molecule has 0 atom stereocenters. The van der Waals surface area contributed by atoms with Crippen molar-refractivity contribution in [1.82, 2.24) is 14.9 Å². The lowest BCUT2D eigenvalue weighted by molar-refractivity contribution is 0.188. The quantitative estimate of drug-likeness (QED) is 0.447. The number of rotatable bonds is 7. The highest BCUT2D eigenvalue weighted by molar-refractivity contribution is 6.06. The number of nitrogens with zero attached hydrogens (tertiary/aromatic N) is 4. The molecular weight excluding hydrogens is 432 g/mol. The van der Waals surface area contributed by atoms with Crippen LogP contribution in [0.15, 0.2) is 59.3 Å². The number of aliphatic hydroxyl groups is 1. The van der Waals surface area contributed by atoms with E-state index in [1.165, 1.54) is 0 Å². The summed E-state index contributed by atoms with van der Waals surface area (Å²) in [4.78, 5) is 13.7. The topological polar surface area (TPSA) is 84.1 Å². The lowest BCUT2D eigenvalue weighted by Crippen LogP contribution is -2.47. The zero-order valence-electron chi connectivity index (χ0n) is 19.4. The number of piperazine rings is 1. The normalized spacial score (nSPS) is 14.5. The number of hydrogen-bond donors (Lipinski definition) is 1. The minimum atomic E-state index is 0.173. The number of furan rings is 1. The van der Waals surface area contributed by atoms with Gasteiger partial charge in [0.25, 0.3) is 0 Å². The lowest BCUT2D eigenvalue weighted by Gasteiger charge is -2.35. The first-order valence-corrected chi connectivity index (χ1v) is 11.4. The monoisotopic (exact) mass is 460 g/mol. The van der Waals surface area contributed by atoms with Gasteiger partial charge in [0.05, 0.1) is 26.2 Å². The van der Waals surface area contributed by atoms with Gasteiger partial charge in [0, 0.05) is 43.9 Å². The first-order chi connectivity index (χ1) is 16.7. The summed E-state index contributed by atoms with van der Waals surface area (Å²) in [5.41, 5.74) is 3.40. The van der Waals surface area contributed by atoms with Crippen molar-refractivity contribution < 1.29 is 19.0 Å². The fraction of sp³-hybridized carbons (Fsp3) is 0.308. The predicted octanol–water partition coefficient (Wildman–Crippen LogP) is 3.69. The number of β-amino-alcohol motifs (C(OH)–C–C–N with tert-alkyl or cyclic N) is 1. The Morgan fingerprint density at radius 2 is 1.68 bits per heavy atom. The Labute approximate surface area is 198 Å². The predicted molar refractivity (Wildman–Crippen MR) is 132 cm³/mol. The molecule has 1 saturated heterocycles. The van der Waals surface area contributed by atoms with Crippen LogP contribution in [-0.2, 0) is 0 Å². The van der Waals surface area contributed by atoms with E-state index in [1.54, 1.807) is 20.5 Å². The summed E-state index contributed by atoms with van der Waals surface area (Å²) in [7, 11) is 3.24. The van der Waals surface area contributed by atoms with Crippen molar-refractivity contribution in [3.05, 3.63) is 54.9 Å². The second kappa shape index (κ2) is 9.70. The molecule has 0 bridgehead atoms. The van der Waals surface area contributed by atoms with Gasteiger partial charge in [-0.25, -0.2) is 9.97 Å². The van der Waals surface area contributed by atoms with Gasteiger partial charge in [0.15, 0.2) is 11.5 Å². The number of fused-ring (bicyclic) bond motifs is 1. The standard InChI is InChI=1S/C26H28N4O4/c1-32-20-9-8-19(16-21(20)33-2)24-22(18-6-4-3-5-7-18)23-25(27-17-28-26(23)34-24)30-12-10-29(11-13-30)14-15-31/h3-9,16-17,31H,10-15H2,1-2H3. The van der Waals surface area contributed by atoms with E-state index in [0.29, 0.717) is 29.5 Å². The molecule has 0 radical (unpaired) electrons. The van der Waals surface area contributed by atoms with E-state index in [-0.39, 0.29) is 6.61 Å². The third-order valence-electron chi connectivity index (χ3n) is 6.26. The number of hydrogen-bond acceptors (Lipinski definition) is 8. The molecule has 0 amide bonds. The summed E-state index contributed by atoms with van der Waals surface area (Å²) in [5, 5.41) is 10.2. The fourth-order valence-electron chi connectivity index (χ4n) is 4.54. The Kier molecular flexibility index (Phi) is 6.33. The maximum absolute atomic E-state index is 9.28. The van der Waals surface area contributed by atoms with Gasteiger partial charge in [-0.15, -0.1) is 0 Å². The molecule has 2 aromatic carbocycles. The highest BCUT2D eigenvalue weighted by Gasteiger charge is 2.26. The third kappa shape index (κ3) is 4.06. The molecule has 0 saturated carbocycles. The molecule has 1 N–H and O–H groups in total. The van der Waals surface area contributed by atoms with Gasteiger partial charge < -0.3 is 23.9 Å². The lowest BCUT2D eigenvalue weighted by atomic mass is 9.99. The maximum Gasteiger partial charge on any atom is 0.232 e. The molecule has 1 aliphatic heterocycles. The van der Waals surface area contributed by atoms with Crippen LogP contribution in [0.3, 0.4) is 0 Å². The molecule has 3 heterocycles. The molecule has 2 aromatic heterocycles. The third-order valence-corrected chi connectivity index (χ3v) is 6.26. The number of methoxy groups -OCH3 is 2.